The van der Waals surface area contributed by atoms with Crippen LogP contribution in [0.15, 0.2) is 72.9 Å². The summed E-state index contributed by atoms with van der Waals surface area (Å²) in [6.07, 6.45) is 3.13. The van der Waals surface area contributed by atoms with Gasteiger partial charge in [-0.15, -0.1) is 0 Å². The van der Waals surface area contributed by atoms with Gasteiger partial charge in [-0.05, 0) is 54.5 Å². The van der Waals surface area contributed by atoms with E-state index in [9.17, 15) is 19.7 Å². The van der Waals surface area contributed by atoms with Crippen LogP contribution in [0.1, 0.15) is 18.4 Å². The highest BCUT2D eigenvalue weighted by Crippen LogP contribution is 2.34. The van der Waals surface area contributed by atoms with Gasteiger partial charge in [0.25, 0.3) is 5.91 Å². The minimum Gasteiger partial charge on any atom is -0.757 e. The first-order valence-corrected chi connectivity index (χ1v) is 11.4. The molecular formula is C28H22FN4O3-. The Balaban J connectivity index is 1.73. The number of halogens is 1. The van der Waals surface area contributed by atoms with E-state index in [1.807, 2.05) is 24.3 Å². The fourth-order valence-electron chi connectivity index (χ4n) is 4.66. The quantitative estimate of drug-likeness (QED) is 0.437. The molecule has 180 valence electrons. The van der Waals surface area contributed by atoms with E-state index in [2.05, 4.69) is 16.4 Å². The zero-order chi connectivity index (χ0) is 25.3. The predicted octanol–water partition coefficient (Wildman–Crippen LogP) is 3.75. The highest BCUT2D eigenvalue weighted by Gasteiger charge is 2.41. The predicted molar refractivity (Wildman–Crippen MR) is 135 cm³/mol. The smallest absolute Gasteiger partial charge is 0.253 e. The molecule has 0 bridgehead atoms. The van der Waals surface area contributed by atoms with Crippen molar-refractivity contribution < 1.29 is 13.9 Å². The Morgan fingerprint density at radius 1 is 1.17 bits per heavy atom. The first-order chi connectivity index (χ1) is 17.5. The SMILES string of the molecule is COc1cccc2c1=CC(CCC#N)(C(=O)Nc1c[nH]c3ccccc13)N([O-])C=2c1ccc(F)cc1. The summed E-state index contributed by atoms with van der Waals surface area (Å²) in [5.74, 6) is -0.562. The van der Waals surface area contributed by atoms with Crippen molar-refractivity contribution in [2.75, 3.05) is 12.4 Å². The maximum absolute atomic E-state index is 14.2. The number of aromatic nitrogens is 1. The van der Waals surface area contributed by atoms with Crippen molar-refractivity contribution in [3.05, 3.63) is 100.0 Å². The molecule has 0 fully saturated rings. The number of methoxy groups -OCH3 is 1. The molecule has 1 aromatic heterocycles. The van der Waals surface area contributed by atoms with Crippen LogP contribution in [0.4, 0.5) is 10.1 Å². The van der Waals surface area contributed by atoms with E-state index in [1.54, 1.807) is 30.5 Å². The molecule has 2 heterocycles. The Labute approximate surface area is 206 Å². The fourth-order valence-corrected chi connectivity index (χ4v) is 4.66. The average molecular weight is 482 g/mol. The van der Waals surface area contributed by atoms with Gasteiger partial charge in [-0.3, -0.25) is 4.79 Å². The maximum Gasteiger partial charge on any atom is 0.253 e. The summed E-state index contributed by atoms with van der Waals surface area (Å²) in [7, 11) is 1.51. The Morgan fingerprint density at radius 3 is 2.69 bits per heavy atom. The number of amides is 1. The number of anilines is 1. The number of hydrogen-bond donors (Lipinski definition) is 2. The standard InChI is InChI=1S/C28H22FN4O3/c1-36-25-9-4-7-20-22(25)16-28(14-5-15-30,33(35)26(20)18-10-12-19(29)13-11-18)27(34)32-24-17-31-23-8-3-2-6-21(23)24/h2-4,6-13,16-17,31H,5,14H2,1H3,(H,32,34)/q-1. The monoisotopic (exact) mass is 481 g/mol. The van der Waals surface area contributed by atoms with E-state index in [4.69, 9.17) is 4.74 Å². The number of fused-ring (bicyclic) bond motifs is 2. The second kappa shape index (κ2) is 9.21. The second-order valence-corrected chi connectivity index (χ2v) is 8.50. The third kappa shape index (κ3) is 3.76. The van der Waals surface area contributed by atoms with Gasteiger partial charge in [0.2, 0.25) is 0 Å². The van der Waals surface area contributed by atoms with Crippen LogP contribution in [0.3, 0.4) is 0 Å². The largest absolute Gasteiger partial charge is 0.757 e. The Bertz CT molecular complexity index is 1620. The van der Waals surface area contributed by atoms with Gasteiger partial charge in [0, 0.05) is 39.7 Å². The number of hydrogen-bond acceptors (Lipinski definition) is 5. The van der Waals surface area contributed by atoms with Crippen LogP contribution in [0, 0.1) is 22.4 Å². The number of nitrogens with one attached hydrogen (secondary N) is 2. The summed E-state index contributed by atoms with van der Waals surface area (Å²) in [4.78, 5) is 17.1. The zero-order valence-electron chi connectivity index (χ0n) is 19.4. The molecule has 0 saturated carbocycles. The highest BCUT2D eigenvalue weighted by molar-refractivity contribution is 6.09. The minimum absolute atomic E-state index is 0.0439. The van der Waals surface area contributed by atoms with Crippen LogP contribution in [0.5, 0.6) is 5.75 Å². The van der Waals surface area contributed by atoms with Crippen molar-refractivity contribution in [3.63, 3.8) is 0 Å². The lowest BCUT2D eigenvalue weighted by Crippen LogP contribution is -2.58. The fraction of sp³-hybridized carbons (Fsp3) is 0.143. The number of hydroxylamine groups is 2. The summed E-state index contributed by atoms with van der Waals surface area (Å²) in [6.45, 7) is 0. The Kier molecular flexibility index (Phi) is 5.92. The molecule has 1 amide bonds. The second-order valence-electron chi connectivity index (χ2n) is 8.50. The Morgan fingerprint density at radius 2 is 1.94 bits per heavy atom. The van der Waals surface area contributed by atoms with Gasteiger partial charge in [-0.25, -0.2) is 4.39 Å². The number of aromatic amines is 1. The van der Waals surface area contributed by atoms with E-state index in [1.165, 1.54) is 31.4 Å². The number of carbonyl (C=O) groups is 1. The highest BCUT2D eigenvalue weighted by atomic mass is 19.1. The average Bonchev–Trinajstić information content (AvgIpc) is 3.30. The number of ether oxygens (including phenoxy) is 1. The van der Waals surface area contributed by atoms with Gasteiger partial charge in [0.15, 0.2) is 0 Å². The van der Waals surface area contributed by atoms with Crippen molar-refractivity contribution in [2.45, 2.75) is 18.4 Å². The molecule has 4 aromatic rings. The summed E-state index contributed by atoms with van der Waals surface area (Å²) >= 11 is 0. The molecule has 0 saturated heterocycles. The van der Waals surface area contributed by atoms with Gasteiger partial charge in [-0.2, -0.15) is 5.26 Å². The van der Waals surface area contributed by atoms with Gasteiger partial charge in [0.1, 0.15) is 17.1 Å². The van der Waals surface area contributed by atoms with Crippen molar-refractivity contribution >= 4 is 34.3 Å². The first-order valence-electron chi connectivity index (χ1n) is 11.4. The van der Waals surface area contributed by atoms with Crippen molar-refractivity contribution in [2.24, 2.45) is 0 Å². The molecule has 0 radical (unpaired) electrons. The van der Waals surface area contributed by atoms with Crippen LogP contribution < -0.4 is 20.5 Å². The summed E-state index contributed by atoms with van der Waals surface area (Å²) in [6, 6.07) is 20.3. The molecule has 1 aliphatic rings. The van der Waals surface area contributed by atoms with Crippen LogP contribution in [-0.4, -0.2) is 28.6 Å². The van der Waals surface area contributed by atoms with Crippen molar-refractivity contribution in [1.29, 1.82) is 5.26 Å². The number of para-hydroxylation sites is 1. The van der Waals surface area contributed by atoms with Gasteiger partial charge in [-0.1, -0.05) is 30.3 Å². The molecule has 0 aliphatic carbocycles. The third-order valence-corrected chi connectivity index (χ3v) is 6.46. The number of nitrogens with zero attached hydrogens (tertiary/aromatic N) is 2. The lowest BCUT2D eigenvalue weighted by molar-refractivity contribution is -0.122. The topological polar surface area (TPSA) is 104 Å². The third-order valence-electron chi connectivity index (χ3n) is 6.46. The molecular weight excluding hydrogens is 459 g/mol. The van der Waals surface area contributed by atoms with Crippen LogP contribution >= 0.6 is 0 Å². The zero-order valence-corrected chi connectivity index (χ0v) is 19.4. The molecule has 0 spiro atoms. The maximum atomic E-state index is 14.2. The molecule has 8 heteroatoms. The van der Waals surface area contributed by atoms with Gasteiger partial charge in [0.05, 0.1) is 18.9 Å². The number of nitriles is 1. The van der Waals surface area contributed by atoms with Gasteiger partial charge >= 0.3 is 0 Å². The summed E-state index contributed by atoms with van der Waals surface area (Å²) < 4.78 is 19.3. The first kappa shape index (κ1) is 23.1. The molecule has 1 atom stereocenters. The minimum atomic E-state index is -1.76. The van der Waals surface area contributed by atoms with Crippen LogP contribution in [-0.2, 0) is 4.79 Å². The molecule has 1 aliphatic heterocycles. The van der Waals surface area contributed by atoms with E-state index in [0.717, 1.165) is 10.9 Å². The van der Waals surface area contributed by atoms with Crippen LogP contribution in [0.25, 0.3) is 22.7 Å². The van der Waals surface area contributed by atoms with E-state index < -0.39 is 17.3 Å². The molecule has 2 N–H and O–H groups in total. The Hall–Kier alpha value is -4.61. The molecule has 36 heavy (non-hydrogen) atoms. The van der Waals surface area contributed by atoms with Gasteiger partial charge < -0.3 is 25.3 Å². The normalized spacial score (nSPS) is 16.7. The molecule has 1 unspecified atom stereocenters. The lowest BCUT2D eigenvalue weighted by atomic mass is 9.85. The van der Waals surface area contributed by atoms with Crippen molar-refractivity contribution in [1.82, 2.24) is 10.0 Å². The van der Waals surface area contributed by atoms with Crippen LogP contribution in [0.2, 0.25) is 0 Å². The number of rotatable bonds is 6. The lowest BCUT2D eigenvalue weighted by Gasteiger charge is -2.50. The molecule has 3 aromatic carbocycles. The number of carbonyl (C=O) groups excluding carboxylic acids is 1. The number of benzene rings is 3. The van der Waals surface area contributed by atoms with E-state index in [-0.39, 0.29) is 18.5 Å². The summed E-state index contributed by atoms with van der Waals surface area (Å²) in [5.41, 5.74) is 0.215. The van der Waals surface area contributed by atoms with Crippen molar-refractivity contribution in [3.8, 4) is 11.8 Å². The van der Waals surface area contributed by atoms with E-state index >= 15 is 0 Å². The molecule has 7 nitrogen and oxygen atoms in total. The number of H-pyrrole nitrogens is 1. The summed E-state index contributed by atoms with van der Waals surface area (Å²) in [5, 5.41) is 29.0. The van der Waals surface area contributed by atoms with E-state index in [0.29, 0.717) is 32.5 Å². The molecule has 5 rings (SSSR count).